The molecule has 2 heteroatoms. The third-order valence-electron chi connectivity index (χ3n) is 12.5. The van der Waals surface area contributed by atoms with E-state index >= 15 is 0 Å². The van der Waals surface area contributed by atoms with E-state index in [1.165, 1.54) is 98.7 Å². The summed E-state index contributed by atoms with van der Waals surface area (Å²) in [5, 5.41) is 1.28. The van der Waals surface area contributed by atoms with Crippen LogP contribution in [0.25, 0.3) is 44.0 Å². The van der Waals surface area contributed by atoms with Gasteiger partial charge in [0.05, 0.1) is 0 Å². The van der Waals surface area contributed by atoms with E-state index in [1.807, 2.05) is 11.3 Å². The molecule has 0 bridgehead atoms. The highest BCUT2D eigenvalue weighted by Gasteiger charge is 2.38. The van der Waals surface area contributed by atoms with Gasteiger partial charge in [-0.25, -0.2) is 0 Å². The molecule has 0 saturated carbocycles. The summed E-state index contributed by atoms with van der Waals surface area (Å²) >= 11 is 1.89. The number of allylic oxidation sites excluding steroid dienone is 6. The van der Waals surface area contributed by atoms with Crippen molar-refractivity contribution in [2.75, 3.05) is 11.4 Å². The molecule has 8 rings (SSSR count). The molecule has 1 nitrogen and oxygen atoms in total. The lowest BCUT2D eigenvalue weighted by atomic mass is 9.82. The molecule has 0 atom stereocenters. The molecule has 5 aromatic carbocycles. The predicted molar refractivity (Wildman–Crippen MR) is 243 cm³/mol. The maximum Gasteiger partial charge on any atom is 0.0433 e. The lowest BCUT2D eigenvalue weighted by molar-refractivity contribution is 0.639. The van der Waals surface area contributed by atoms with Crippen LogP contribution in [0.15, 0.2) is 146 Å². The molecule has 2 aliphatic rings. The van der Waals surface area contributed by atoms with E-state index in [4.69, 9.17) is 0 Å². The first-order valence-electron chi connectivity index (χ1n) is 19.6. The SMILES string of the molecule is C=Cc1c(C2=C(C)C(C)(C)c3ccc(N(C/C=C\C(=C/C)c4ccc(/C(C)=C/C)cc4)c4ccc5c(c4)C(C)(C)c4ccccc4-5)cc32)sc2ccccc12. The third-order valence-corrected chi connectivity index (χ3v) is 13.7. The number of benzene rings is 5. The van der Waals surface area contributed by atoms with E-state index in [0.29, 0.717) is 0 Å². The molecule has 2 aliphatic carbocycles. The monoisotopic (exact) mass is 733 g/mol. The van der Waals surface area contributed by atoms with Crippen LogP contribution in [0.5, 0.6) is 0 Å². The summed E-state index contributed by atoms with van der Waals surface area (Å²) in [4.78, 5) is 3.81. The number of thiophene rings is 1. The topological polar surface area (TPSA) is 3.24 Å². The van der Waals surface area contributed by atoms with E-state index < -0.39 is 0 Å². The zero-order valence-electron chi connectivity index (χ0n) is 33.5. The van der Waals surface area contributed by atoms with Gasteiger partial charge in [-0.1, -0.05) is 149 Å². The highest BCUT2D eigenvalue weighted by Crippen LogP contribution is 2.54. The van der Waals surface area contributed by atoms with Crippen LogP contribution in [-0.4, -0.2) is 6.54 Å². The molecular weight excluding hydrogens is 683 g/mol. The second-order valence-electron chi connectivity index (χ2n) is 16.1. The van der Waals surface area contributed by atoms with E-state index in [2.05, 4.69) is 206 Å². The van der Waals surface area contributed by atoms with Crippen molar-refractivity contribution in [1.29, 1.82) is 0 Å². The van der Waals surface area contributed by atoms with Gasteiger partial charge in [0, 0.05) is 49.3 Å². The minimum Gasteiger partial charge on any atom is -0.338 e. The summed E-state index contributed by atoms with van der Waals surface area (Å²) in [6, 6.07) is 40.9. The lowest BCUT2D eigenvalue weighted by Gasteiger charge is -2.28. The summed E-state index contributed by atoms with van der Waals surface area (Å²) in [5.41, 5.74) is 19.4. The minimum absolute atomic E-state index is 0.0870. The van der Waals surface area contributed by atoms with Gasteiger partial charge in [0.15, 0.2) is 0 Å². The van der Waals surface area contributed by atoms with Crippen LogP contribution in [0.1, 0.15) is 99.2 Å². The molecule has 274 valence electrons. The Kier molecular flexibility index (Phi) is 9.30. The number of rotatable bonds is 9. The summed E-state index contributed by atoms with van der Waals surface area (Å²) in [7, 11) is 0. The van der Waals surface area contributed by atoms with Crippen molar-refractivity contribution in [3.8, 4) is 11.1 Å². The van der Waals surface area contributed by atoms with Crippen molar-refractivity contribution in [2.24, 2.45) is 0 Å². The van der Waals surface area contributed by atoms with Crippen molar-refractivity contribution in [1.82, 2.24) is 0 Å². The molecule has 0 spiro atoms. The van der Waals surface area contributed by atoms with Crippen LogP contribution < -0.4 is 4.90 Å². The van der Waals surface area contributed by atoms with Crippen LogP contribution in [0.3, 0.4) is 0 Å². The summed E-state index contributed by atoms with van der Waals surface area (Å²) in [5.74, 6) is 0. The molecule has 1 aromatic heterocycles. The zero-order chi connectivity index (χ0) is 38.6. The fourth-order valence-electron chi connectivity index (χ4n) is 8.87. The van der Waals surface area contributed by atoms with E-state index in [-0.39, 0.29) is 10.8 Å². The van der Waals surface area contributed by atoms with Crippen molar-refractivity contribution >= 4 is 55.6 Å². The van der Waals surface area contributed by atoms with Crippen LogP contribution in [0, 0.1) is 0 Å². The van der Waals surface area contributed by atoms with Crippen molar-refractivity contribution < 1.29 is 0 Å². The van der Waals surface area contributed by atoms with Gasteiger partial charge in [-0.2, -0.15) is 0 Å². The largest absolute Gasteiger partial charge is 0.338 e. The molecule has 1 heterocycles. The number of fused-ring (bicyclic) bond motifs is 5. The molecule has 6 aromatic rings. The molecule has 0 radical (unpaired) electrons. The summed E-state index contributed by atoms with van der Waals surface area (Å²) in [6.45, 7) is 23.2. The second-order valence-corrected chi connectivity index (χ2v) is 17.2. The molecule has 0 saturated heterocycles. The maximum atomic E-state index is 4.30. The average Bonchev–Trinajstić information content (AvgIpc) is 3.75. The fraction of sp³-hybridized carbons (Fsp3) is 0.208. The highest BCUT2D eigenvalue weighted by atomic mass is 32.1. The van der Waals surface area contributed by atoms with Gasteiger partial charge in [0.2, 0.25) is 0 Å². The first-order chi connectivity index (χ1) is 26.5. The molecule has 0 N–H and O–H groups in total. The first kappa shape index (κ1) is 36.5. The van der Waals surface area contributed by atoms with Gasteiger partial charge in [0.25, 0.3) is 0 Å². The Labute approximate surface area is 332 Å². The van der Waals surface area contributed by atoms with Crippen LogP contribution in [0.2, 0.25) is 0 Å². The van der Waals surface area contributed by atoms with Gasteiger partial charge in [0.1, 0.15) is 0 Å². The molecule has 0 amide bonds. The molecule has 0 unspecified atom stereocenters. The molecule has 0 aliphatic heterocycles. The van der Waals surface area contributed by atoms with Crippen LogP contribution >= 0.6 is 11.3 Å². The van der Waals surface area contributed by atoms with Gasteiger partial charge >= 0.3 is 0 Å². The average molecular weight is 734 g/mol. The van der Waals surface area contributed by atoms with Gasteiger partial charge in [-0.3, -0.25) is 0 Å². The standard InChI is InChI=1S/C53H51NS/c1-10-34(4)37-23-25-38(26-24-37)36(11-2)18-17-31-54(40-27-29-43-42-19-13-15-21-46(42)53(8,9)48(43)33-40)39-28-30-47-45(32-39)50(35(5)52(47,6)7)51-41(12-3)44-20-14-16-22-49(44)55-51/h10-30,32-33H,3,31H2,1-2,4-9H3/b18-17-,34-10+,36-11+. The maximum absolute atomic E-state index is 4.30. The van der Waals surface area contributed by atoms with Gasteiger partial charge < -0.3 is 4.90 Å². The third kappa shape index (κ3) is 5.99. The molecule has 55 heavy (non-hydrogen) atoms. The van der Waals surface area contributed by atoms with Crippen LogP contribution in [-0.2, 0) is 10.8 Å². The Balaban J connectivity index is 1.24. The van der Waals surface area contributed by atoms with E-state index in [9.17, 15) is 0 Å². The Hall–Kier alpha value is -5.44. The Bertz CT molecular complexity index is 2610. The van der Waals surface area contributed by atoms with E-state index in [0.717, 1.165) is 6.54 Å². The molecular formula is C53H51NS. The highest BCUT2D eigenvalue weighted by molar-refractivity contribution is 7.20. The first-order valence-corrected chi connectivity index (χ1v) is 20.4. The molecule has 0 fully saturated rings. The number of hydrogen-bond acceptors (Lipinski definition) is 2. The number of anilines is 2. The van der Waals surface area contributed by atoms with Crippen molar-refractivity contribution in [3.05, 3.63) is 189 Å². The normalized spacial score (nSPS) is 15.8. The Morgan fingerprint density at radius 2 is 1.35 bits per heavy atom. The quantitative estimate of drug-likeness (QED) is 0.134. The predicted octanol–water partition coefficient (Wildman–Crippen LogP) is 15.2. The van der Waals surface area contributed by atoms with Crippen LogP contribution in [0.4, 0.5) is 11.4 Å². The summed E-state index contributed by atoms with van der Waals surface area (Å²) < 4.78 is 1.30. The second kappa shape index (κ2) is 14.0. The van der Waals surface area contributed by atoms with E-state index in [1.54, 1.807) is 0 Å². The smallest absolute Gasteiger partial charge is 0.0433 e. The Morgan fingerprint density at radius 3 is 2.09 bits per heavy atom. The van der Waals surface area contributed by atoms with Gasteiger partial charge in [-0.05, 0) is 119 Å². The number of nitrogens with zero attached hydrogens (tertiary/aromatic N) is 1. The van der Waals surface area contributed by atoms with Crippen molar-refractivity contribution in [2.45, 2.75) is 66.2 Å². The van der Waals surface area contributed by atoms with Gasteiger partial charge in [-0.15, -0.1) is 11.3 Å². The lowest BCUT2D eigenvalue weighted by Crippen LogP contribution is -2.20. The summed E-state index contributed by atoms with van der Waals surface area (Å²) in [6.07, 6.45) is 11.1. The fourth-order valence-corrected chi connectivity index (χ4v) is 10.2. The zero-order valence-corrected chi connectivity index (χ0v) is 34.4. The Morgan fingerprint density at radius 1 is 0.691 bits per heavy atom. The van der Waals surface area contributed by atoms with Crippen molar-refractivity contribution in [3.63, 3.8) is 0 Å². The minimum atomic E-state index is -0.0895. The number of hydrogen-bond donors (Lipinski definition) is 0.